The van der Waals surface area contributed by atoms with Gasteiger partial charge in [-0.2, -0.15) is 0 Å². The first-order valence-corrected chi connectivity index (χ1v) is 8.31. The largest absolute Gasteiger partial charge is 0.480 e. The van der Waals surface area contributed by atoms with Crippen molar-refractivity contribution in [1.82, 2.24) is 10.0 Å². The Labute approximate surface area is 129 Å². The third-order valence-corrected chi connectivity index (χ3v) is 4.72. The van der Waals surface area contributed by atoms with Crippen molar-refractivity contribution in [2.45, 2.75) is 44.2 Å². The number of aliphatic carboxylic acids is 1. The van der Waals surface area contributed by atoms with Crippen LogP contribution >= 0.6 is 0 Å². The topological polar surface area (TPSA) is 113 Å². The molecule has 1 rings (SSSR count). The normalized spacial score (nSPS) is 14.1. The summed E-state index contributed by atoms with van der Waals surface area (Å²) < 4.78 is 26.6. The van der Waals surface area contributed by atoms with Crippen molar-refractivity contribution < 1.29 is 23.1 Å². The smallest absolute Gasteiger partial charge is 0.325 e. The molecule has 0 saturated heterocycles. The number of nitrogens with one attached hydrogen (secondary N) is 2. The second-order valence-electron chi connectivity index (χ2n) is 4.99. The second kappa shape index (κ2) is 7.37. The van der Waals surface area contributed by atoms with Gasteiger partial charge in [0.25, 0.3) is 5.91 Å². The van der Waals surface area contributed by atoms with Gasteiger partial charge in [0.05, 0.1) is 4.90 Å². The number of sulfonamides is 1. The van der Waals surface area contributed by atoms with E-state index in [0.717, 1.165) is 0 Å². The Morgan fingerprint density at radius 1 is 1.18 bits per heavy atom. The van der Waals surface area contributed by atoms with Crippen LogP contribution in [-0.4, -0.2) is 37.5 Å². The van der Waals surface area contributed by atoms with Crippen molar-refractivity contribution >= 4 is 21.9 Å². The molecule has 0 aromatic heterocycles. The van der Waals surface area contributed by atoms with E-state index in [2.05, 4.69) is 10.0 Å². The number of hydrogen-bond donors (Lipinski definition) is 3. The van der Waals surface area contributed by atoms with Gasteiger partial charge in [0, 0.05) is 11.6 Å². The van der Waals surface area contributed by atoms with Gasteiger partial charge >= 0.3 is 5.97 Å². The fourth-order valence-corrected chi connectivity index (χ4v) is 2.87. The van der Waals surface area contributed by atoms with Crippen LogP contribution in [0.1, 0.15) is 37.6 Å². The molecule has 22 heavy (non-hydrogen) atoms. The highest BCUT2D eigenvalue weighted by Gasteiger charge is 2.18. The molecule has 0 saturated carbocycles. The molecule has 2 atom stereocenters. The zero-order valence-corrected chi connectivity index (χ0v) is 13.5. The van der Waals surface area contributed by atoms with Crippen molar-refractivity contribution in [1.29, 1.82) is 0 Å². The molecule has 0 fully saturated rings. The summed E-state index contributed by atoms with van der Waals surface area (Å²) in [5.74, 6) is -1.72. The molecular formula is C14H20N2O5S. The summed E-state index contributed by atoms with van der Waals surface area (Å²) in [5, 5.41) is 11.0. The summed E-state index contributed by atoms with van der Waals surface area (Å²) in [6.45, 7) is 4.96. The van der Waals surface area contributed by atoms with Gasteiger partial charge in [-0.05, 0) is 44.5 Å². The number of carbonyl (C=O) groups excluding carboxylic acids is 1. The second-order valence-corrected chi connectivity index (χ2v) is 6.70. The minimum atomic E-state index is -3.63. The Morgan fingerprint density at radius 2 is 1.73 bits per heavy atom. The third-order valence-electron chi connectivity index (χ3n) is 3.11. The molecule has 1 aromatic carbocycles. The maximum atomic E-state index is 12.1. The first kappa shape index (κ1) is 18.1. The quantitative estimate of drug-likeness (QED) is 0.690. The predicted octanol–water partition coefficient (Wildman–Crippen LogP) is 0.966. The van der Waals surface area contributed by atoms with Crippen molar-refractivity contribution in [3.05, 3.63) is 29.8 Å². The summed E-state index contributed by atoms with van der Waals surface area (Å²) in [7, 11) is -3.63. The van der Waals surface area contributed by atoms with E-state index < -0.39 is 27.9 Å². The van der Waals surface area contributed by atoms with Crippen molar-refractivity contribution in [2.75, 3.05) is 0 Å². The Balaban J connectivity index is 2.86. The summed E-state index contributed by atoms with van der Waals surface area (Å²) in [4.78, 5) is 22.5. The molecule has 0 heterocycles. The first-order chi connectivity index (χ1) is 10.2. The minimum Gasteiger partial charge on any atom is -0.480 e. The van der Waals surface area contributed by atoms with Gasteiger partial charge in [0.1, 0.15) is 6.04 Å². The van der Waals surface area contributed by atoms with E-state index in [-0.39, 0.29) is 16.5 Å². The Morgan fingerprint density at radius 3 is 2.18 bits per heavy atom. The predicted molar refractivity (Wildman–Crippen MR) is 81.1 cm³/mol. The molecule has 1 aromatic rings. The Bertz CT molecular complexity index is 640. The van der Waals surface area contributed by atoms with Gasteiger partial charge in [0.15, 0.2) is 0 Å². The highest BCUT2D eigenvalue weighted by molar-refractivity contribution is 7.89. The highest BCUT2D eigenvalue weighted by atomic mass is 32.2. The van der Waals surface area contributed by atoms with Gasteiger partial charge in [0.2, 0.25) is 10.0 Å². The molecule has 0 aliphatic rings. The molecule has 8 heteroatoms. The van der Waals surface area contributed by atoms with Gasteiger partial charge < -0.3 is 10.4 Å². The van der Waals surface area contributed by atoms with Gasteiger partial charge in [-0.3, -0.25) is 9.59 Å². The Hall–Kier alpha value is -1.93. The maximum Gasteiger partial charge on any atom is 0.325 e. The molecule has 2 unspecified atom stereocenters. The van der Waals surface area contributed by atoms with E-state index in [1.54, 1.807) is 6.92 Å². The number of rotatable bonds is 7. The number of carboxylic acid groups (broad SMARTS) is 1. The molecule has 7 nitrogen and oxygen atoms in total. The Kier molecular flexibility index (Phi) is 6.07. The van der Waals surface area contributed by atoms with Crippen molar-refractivity contribution in [3.8, 4) is 0 Å². The standard InChI is InChI=1S/C14H20N2O5S/c1-4-9(2)16-22(20,21)12-7-5-11(6-8-12)13(17)15-10(3)14(18)19/h5-10,16H,4H2,1-3H3,(H,15,17)(H,18,19). The van der Waals surface area contributed by atoms with E-state index in [1.807, 2.05) is 6.92 Å². The molecule has 0 spiro atoms. The van der Waals surface area contributed by atoms with Gasteiger partial charge in [-0.25, -0.2) is 13.1 Å². The molecule has 0 aliphatic carbocycles. The van der Waals surface area contributed by atoms with Crippen LogP contribution in [-0.2, 0) is 14.8 Å². The summed E-state index contributed by atoms with van der Waals surface area (Å²) in [6, 6.07) is 4.09. The molecule has 1 amide bonds. The van der Waals surface area contributed by atoms with Crippen LogP contribution in [0.4, 0.5) is 0 Å². The lowest BCUT2D eigenvalue weighted by molar-refractivity contribution is -0.138. The van der Waals surface area contributed by atoms with Gasteiger partial charge in [-0.15, -0.1) is 0 Å². The maximum absolute atomic E-state index is 12.1. The molecule has 122 valence electrons. The van der Waals surface area contributed by atoms with Crippen molar-refractivity contribution in [2.24, 2.45) is 0 Å². The van der Waals surface area contributed by atoms with Gasteiger partial charge in [-0.1, -0.05) is 6.92 Å². The van der Waals surface area contributed by atoms with Crippen LogP contribution in [0, 0.1) is 0 Å². The van der Waals surface area contributed by atoms with Crippen LogP contribution in [0.5, 0.6) is 0 Å². The van der Waals surface area contributed by atoms with E-state index in [1.165, 1.54) is 31.2 Å². The van der Waals surface area contributed by atoms with Crippen LogP contribution in [0.2, 0.25) is 0 Å². The first-order valence-electron chi connectivity index (χ1n) is 6.83. The van der Waals surface area contributed by atoms with E-state index in [4.69, 9.17) is 5.11 Å². The number of hydrogen-bond acceptors (Lipinski definition) is 4. The molecular weight excluding hydrogens is 308 g/mol. The lowest BCUT2D eigenvalue weighted by Gasteiger charge is -2.13. The summed E-state index contributed by atoms with van der Waals surface area (Å²) >= 11 is 0. The average molecular weight is 328 g/mol. The summed E-state index contributed by atoms with van der Waals surface area (Å²) in [6.07, 6.45) is 0.660. The van der Waals surface area contributed by atoms with E-state index in [9.17, 15) is 18.0 Å². The fraction of sp³-hybridized carbons (Fsp3) is 0.429. The monoisotopic (exact) mass is 328 g/mol. The average Bonchev–Trinajstić information content (AvgIpc) is 2.46. The number of amides is 1. The van der Waals surface area contributed by atoms with Crippen molar-refractivity contribution in [3.63, 3.8) is 0 Å². The minimum absolute atomic E-state index is 0.0515. The number of benzene rings is 1. The zero-order chi connectivity index (χ0) is 16.9. The van der Waals surface area contributed by atoms with E-state index in [0.29, 0.717) is 6.42 Å². The lowest BCUT2D eigenvalue weighted by atomic mass is 10.2. The van der Waals surface area contributed by atoms with Crippen LogP contribution < -0.4 is 10.0 Å². The summed E-state index contributed by atoms with van der Waals surface area (Å²) in [5.41, 5.74) is 0.190. The van der Waals surface area contributed by atoms with Crippen LogP contribution in [0.3, 0.4) is 0 Å². The van der Waals surface area contributed by atoms with Crippen LogP contribution in [0.25, 0.3) is 0 Å². The lowest BCUT2D eigenvalue weighted by Crippen LogP contribution is -2.38. The SMILES string of the molecule is CCC(C)NS(=O)(=O)c1ccc(C(=O)NC(C)C(=O)O)cc1. The molecule has 3 N–H and O–H groups in total. The number of carboxylic acids is 1. The fourth-order valence-electron chi connectivity index (χ4n) is 1.54. The molecule has 0 bridgehead atoms. The van der Waals surface area contributed by atoms with Crippen LogP contribution in [0.15, 0.2) is 29.2 Å². The van der Waals surface area contributed by atoms with E-state index >= 15 is 0 Å². The zero-order valence-electron chi connectivity index (χ0n) is 12.7. The number of carbonyl (C=O) groups is 2. The third kappa shape index (κ3) is 4.81. The highest BCUT2D eigenvalue weighted by Crippen LogP contribution is 2.12. The molecule has 0 radical (unpaired) electrons. The molecule has 0 aliphatic heterocycles.